The van der Waals surface area contributed by atoms with Gasteiger partial charge < -0.3 is 4.57 Å². The van der Waals surface area contributed by atoms with E-state index in [2.05, 4.69) is 67.3 Å². The van der Waals surface area contributed by atoms with Crippen molar-refractivity contribution in [2.24, 2.45) is 0 Å². The fraction of sp³-hybridized carbons (Fsp3) is 0.200. The fourth-order valence-electron chi connectivity index (χ4n) is 3.21. The first-order chi connectivity index (χ1) is 12.8. The van der Waals surface area contributed by atoms with Crippen LogP contribution in [0.15, 0.2) is 61.2 Å². The quantitative estimate of drug-likeness (QED) is 0.593. The first-order valence-corrected chi connectivity index (χ1v) is 8.69. The highest BCUT2D eigenvalue weighted by atomic mass is 15.3. The molecule has 4 rings (SSSR count). The summed E-state index contributed by atoms with van der Waals surface area (Å²) in [6, 6.07) is 14.7. The van der Waals surface area contributed by atoms with E-state index in [4.69, 9.17) is 0 Å². The van der Waals surface area contributed by atoms with Gasteiger partial charge in [-0.25, -0.2) is 4.98 Å². The summed E-state index contributed by atoms with van der Waals surface area (Å²) < 4.78 is 2.15. The Kier molecular flexibility index (Phi) is 4.31. The third-order valence-corrected chi connectivity index (χ3v) is 4.55. The van der Waals surface area contributed by atoms with Gasteiger partial charge in [-0.2, -0.15) is 15.4 Å². The van der Waals surface area contributed by atoms with E-state index in [1.165, 1.54) is 5.56 Å². The van der Waals surface area contributed by atoms with Crippen LogP contribution in [0.4, 0.5) is 0 Å². The summed E-state index contributed by atoms with van der Waals surface area (Å²) in [5, 5.41) is 11.0. The van der Waals surface area contributed by atoms with E-state index in [9.17, 15) is 0 Å². The molecular weight excluding hydrogens is 324 g/mol. The molecule has 0 radical (unpaired) electrons. The number of aromatic nitrogens is 6. The second-order valence-corrected chi connectivity index (χ2v) is 6.23. The predicted octanol–water partition coefficient (Wildman–Crippen LogP) is 4.04. The van der Waals surface area contributed by atoms with Gasteiger partial charge in [0.25, 0.3) is 0 Å². The molecule has 0 amide bonds. The van der Waals surface area contributed by atoms with Crippen LogP contribution in [0.2, 0.25) is 0 Å². The maximum atomic E-state index is 4.58. The van der Waals surface area contributed by atoms with E-state index in [-0.39, 0.29) is 6.04 Å². The van der Waals surface area contributed by atoms with Crippen LogP contribution in [-0.2, 0) is 0 Å². The predicted molar refractivity (Wildman–Crippen MR) is 100 cm³/mol. The van der Waals surface area contributed by atoms with E-state index in [0.717, 1.165) is 34.8 Å². The van der Waals surface area contributed by atoms with E-state index < -0.39 is 0 Å². The summed E-state index contributed by atoms with van der Waals surface area (Å²) in [4.78, 5) is 9.07. The van der Waals surface area contributed by atoms with Crippen LogP contribution in [0.3, 0.4) is 0 Å². The summed E-state index contributed by atoms with van der Waals surface area (Å²) in [6.45, 7) is 4.11. The number of nitrogens with one attached hydrogen (secondary N) is 1. The summed E-state index contributed by atoms with van der Waals surface area (Å²) >= 11 is 0. The lowest BCUT2D eigenvalue weighted by Gasteiger charge is -2.16. The molecule has 6 nitrogen and oxygen atoms in total. The second kappa shape index (κ2) is 6.92. The first kappa shape index (κ1) is 16.2. The SMILES string of the molecule is CCC(c1ccccc1)n1cnc(-c2cc(-c3n[nH]nc3C)ccn2)c1. The van der Waals surface area contributed by atoms with Crippen molar-refractivity contribution in [3.8, 4) is 22.6 Å². The van der Waals surface area contributed by atoms with Gasteiger partial charge in [-0.15, -0.1) is 0 Å². The monoisotopic (exact) mass is 344 g/mol. The Hall–Kier alpha value is -3.28. The van der Waals surface area contributed by atoms with E-state index in [1.807, 2.05) is 31.5 Å². The summed E-state index contributed by atoms with van der Waals surface area (Å²) in [5.41, 5.74) is 5.63. The number of nitrogens with zero attached hydrogens (tertiary/aromatic N) is 5. The van der Waals surface area contributed by atoms with Crippen LogP contribution in [0.1, 0.15) is 30.6 Å². The van der Waals surface area contributed by atoms with Crippen molar-refractivity contribution in [2.75, 3.05) is 0 Å². The Morgan fingerprint density at radius 3 is 2.62 bits per heavy atom. The Labute approximate surface area is 152 Å². The average molecular weight is 344 g/mol. The third-order valence-electron chi connectivity index (χ3n) is 4.55. The molecule has 0 saturated carbocycles. The number of rotatable bonds is 5. The van der Waals surface area contributed by atoms with Crippen molar-refractivity contribution >= 4 is 0 Å². The second-order valence-electron chi connectivity index (χ2n) is 6.23. The molecule has 3 heterocycles. The number of pyridine rings is 1. The molecule has 130 valence electrons. The Bertz CT molecular complexity index is 1000. The molecule has 1 aromatic carbocycles. The van der Waals surface area contributed by atoms with Gasteiger partial charge in [0.1, 0.15) is 11.4 Å². The molecule has 0 fully saturated rings. The minimum atomic E-state index is 0.262. The fourth-order valence-corrected chi connectivity index (χ4v) is 3.21. The molecule has 0 spiro atoms. The number of benzene rings is 1. The zero-order valence-electron chi connectivity index (χ0n) is 14.8. The van der Waals surface area contributed by atoms with Crippen molar-refractivity contribution in [3.05, 3.63) is 72.4 Å². The Balaban J connectivity index is 1.67. The van der Waals surface area contributed by atoms with Gasteiger partial charge in [-0.1, -0.05) is 37.3 Å². The van der Waals surface area contributed by atoms with Crippen molar-refractivity contribution in [3.63, 3.8) is 0 Å². The molecule has 1 N–H and O–H groups in total. The lowest BCUT2D eigenvalue weighted by atomic mass is 10.0. The molecule has 0 aliphatic heterocycles. The Morgan fingerprint density at radius 2 is 1.88 bits per heavy atom. The van der Waals surface area contributed by atoms with Crippen LogP contribution >= 0.6 is 0 Å². The van der Waals surface area contributed by atoms with Crippen molar-refractivity contribution in [2.45, 2.75) is 26.3 Å². The molecule has 6 heteroatoms. The van der Waals surface area contributed by atoms with Crippen LogP contribution in [0, 0.1) is 6.92 Å². The van der Waals surface area contributed by atoms with Gasteiger partial charge in [0.15, 0.2) is 0 Å². The maximum absolute atomic E-state index is 4.58. The molecule has 0 aliphatic carbocycles. The smallest absolute Gasteiger partial charge is 0.115 e. The van der Waals surface area contributed by atoms with Gasteiger partial charge in [0, 0.05) is 18.0 Å². The maximum Gasteiger partial charge on any atom is 0.115 e. The lowest BCUT2D eigenvalue weighted by molar-refractivity contribution is 0.566. The van der Waals surface area contributed by atoms with E-state index in [0.29, 0.717) is 0 Å². The number of hydrogen-bond acceptors (Lipinski definition) is 4. The molecule has 4 aromatic rings. The highest BCUT2D eigenvalue weighted by Crippen LogP contribution is 2.26. The molecule has 3 aromatic heterocycles. The Morgan fingerprint density at radius 1 is 1.04 bits per heavy atom. The third kappa shape index (κ3) is 3.01. The highest BCUT2D eigenvalue weighted by Gasteiger charge is 2.14. The number of aryl methyl sites for hydroxylation is 1. The first-order valence-electron chi connectivity index (χ1n) is 8.69. The average Bonchev–Trinajstić information content (AvgIpc) is 3.33. The highest BCUT2D eigenvalue weighted by molar-refractivity contribution is 5.67. The summed E-state index contributed by atoms with van der Waals surface area (Å²) in [7, 11) is 0. The van der Waals surface area contributed by atoms with Gasteiger partial charge >= 0.3 is 0 Å². The van der Waals surface area contributed by atoms with Crippen molar-refractivity contribution < 1.29 is 0 Å². The molecule has 26 heavy (non-hydrogen) atoms. The summed E-state index contributed by atoms with van der Waals surface area (Å²) in [6.07, 6.45) is 6.72. The minimum absolute atomic E-state index is 0.262. The van der Waals surface area contributed by atoms with Crippen LogP contribution in [-0.4, -0.2) is 29.9 Å². The molecule has 0 aliphatic rings. The van der Waals surface area contributed by atoms with Crippen LogP contribution < -0.4 is 0 Å². The van der Waals surface area contributed by atoms with E-state index >= 15 is 0 Å². The van der Waals surface area contributed by atoms with Gasteiger partial charge in [0.05, 0.1) is 23.8 Å². The van der Waals surface area contributed by atoms with Gasteiger partial charge in [-0.3, -0.25) is 4.98 Å². The zero-order valence-corrected chi connectivity index (χ0v) is 14.8. The van der Waals surface area contributed by atoms with Crippen molar-refractivity contribution in [1.29, 1.82) is 0 Å². The number of imidazole rings is 1. The standard InChI is InChI=1S/C20H20N6/c1-3-19(15-7-5-4-6-8-15)26-12-18(22-13-26)17-11-16(9-10-21-17)20-14(2)23-25-24-20/h4-13,19H,3H2,1-2H3,(H,23,24,25). The van der Waals surface area contributed by atoms with Gasteiger partial charge in [0.2, 0.25) is 0 Å². The van der Waals surface area contributed by atoms with Crippen LogP contribution in [0.25, 0.3) is 22.6 Å². The largest absolute Gasteiger partial charge is 0.329 e. The summed E-state index contributed by atoms with van der Waals surface area (Å²) in [5.74, 6) is 0. The number of H-pyrrole nitrogens is 1. The van der Waals surface area contributed by atoms with Crippen LogP contribution in [0.5, 0.6) is 0 Å². The molecular formula is C20H20N6. The topological polar surface area (TPSA) is 72.3 Å². The lowest BCUT2D eigenvalue weighted by Crippen LogP contribution is -2.07. The van der Waals surface area contributed by atoms with Gasteiger partial charge in [-0.05, 0) is 31.0 Å². The molecule has 0 bridgehead atoms. The molecule has 1 unspecified atom stereocenters. The number of hydrogen-bond donors (Lipinski definition) is 1. The zero-order chi connectivity index (χ0) is 17.9. The normalized spacial score (nSPS) is 12.2. The van der Waals surface area contributed by atoms with E-state index in [1.54, 1.807) is 6.20 Å². The molecule has 0 saturated heterocycles. The minimum Gasteiger partial charge on any atom is -0.329 e. The number of aromatic amines is 1. The van der Waals surface area contributed by atoms with Crippen molar-refractivity contribution in [1.82, 2.24) is 29.9 Å². The molecule has 1 atom stereocenters.